The van der Waals surface area contributed by atoms with Crippen molar-refractivity contribution in [2.75, 3.05) is 5.32 Å². The van der Waals surface area contributed by atoms with Gasteiger partial charge in [0.2, 0.25) is 0 Å². The number of pyridine rings is 1. The summed E-state index contributed by atoms with van der Waals surface area (Å²) in [5.74, 6) is -0.681. The molecule has 0 aliphatic carbocycles. The van der Waals surface area contributed by atoms with Crippen LogP contribution in [-0.2, 0) is 12.2 Å². The Labute approximate surface area is 179 Å². The Bertz CT molecular complexity index is 1150. The molecule has 0 saturated heterocycles. The number of nitrogens with zero attached hydrogens (tertiary/aromatic N) is 1. The fraction of sp³-hybridized carbons (Fsp3) is 0.190. The Morgan fingerprint density at radius 3 is 2.48 bits per heavy atom. The van der Waals surface area contributed by atoms with Crippen LogP contribution in [0.15, 0.2) is 59.5 Å². The molecule has 1 aromatic heterocycles. The molecule has 3 rings (SSSR count). The zero-order valence-electron chi connectivity index (χ0n) is 16.1. The van der Waals surface area contributed by atoms with Crippen LogP contribution in [0.4, 0.5) is 23.2 Å². The van der Waals surface area contributed by atoms with Gasteiger partial charge in [-0.1, -0.05) is 6.07 Å². The fourth-order valence-electron chi connectivity index (χ4n) is 2.80. The zero-order valence-corrected chi connectivity index (χ0v) is 16.8. The monoisotopic (exact) mass is 456 g/mol. The van der Waals surface area contributed by atoms with Crippen molar-refractivity contribution in [2.24, 2.45) is 0 Å². The van der Waals surface area contributed by atoms with E-state index in [9.17, 15) is 27.5 Å². The van der Waals surface area contributed by atoms with Gasteiger partial charge in [-0.25, -0.2) is 4.39 Å². The second-order valence-corrected chi connectivity index (χ2v) is 6.89. The number of anilines is 1. The van der Waals surface area contributed by atoms with Gasteiger partial charge in [0.15, 0.2) is 6.23 Å². The fourth-order valence-corrected chi connectivity index (χ4v) is 3.00. The number of nitrogens with one attached hydrogen (secondary N) is 1. The first-order chi connectivity index (χ1) is 14.6. The highest BCUT2D eigenvalue weighted by atomic mass is 35.5. The summed E-state index contributed by atoms with van der Waals surface area (Å²) in [4.78, 5) is 11.9. The molecule has 0 fully saturated rings. The van der Waals surface area contributed by atoms with Crippen LogP contribution in [-0.4, -0.2) is 9.67 Å². The Balaban J connectivity index is 1.97. The molecule has 1 unspecified atom stereocenters. The number of aliphatic hydroxyl groups is 1. The number of aryl methyl sites for hydroxylation is 1. The van der Waals surface area contributed by atoms with Crippen molar-refractivity contribution in [1.82, 2.24) is 4.57 Å². The average Bonchev–Trinajstić information content (AvgIpc) is 2.69. The van der Waals surface area contributed by atoms with Crippen molar-refractivity contribution >= 4 is 17.3 Å². The topological polar surface area (TPSA) is 63.5 Å². The number of benzene rings is 2. The summed E-state index contributed by atoms with van der Waals surface area (Å²) in [6, 6.07) is 8.76. The van der Waals surface area contributed by atoms with Crippen molar-refractivity contribution < 1.29 is 27.4 Å². The minimum atomic E-state index is -4.64. The smallest absolute Gasteiger partial charge is 0.416 e. The molecule has 164 valence electrons. The first-order valence-corrected chi connectivity index (χ1v) is 9.48. The number of rotatable bonds is 6. The molecule has 3 aromatic rings. The van der Waals surface area contributed by atoms with E-state index in [1.165, 1.54) is 42.0 Å². The van der Waals surface area contributed by atoms with E-state index >= 15 is 0 Å². The molecule has 2 N–H and O–H groups in total. The Hall–Kier alpha value is -3.04. The molecule has 5 nitrogen and oxygen atoms in total. The van der Waals surface area contributed by atoms with Crippen molar-refractivity contribution in [3.8, 4) is 11.5 Å². The maximum atomic E-state index is 13.4. The van der Waals surface area contributed by atoms with E-state index in [0.717, 1.165) is 24.3 Å². The molecule has 1 atom stereocenters. The Morgan fingerprint density at radius 1 is 1.13 bits per heavy atom. The van der Waals surface area contributed by atoms with Crippen LogP contribution in [0.5, 0.6) is 11.5 Å². The van der Waals surface area contributed by atoms with Crippen LogP contribution < -0.4 is 15.6 Å². The minimum absolute atomic E-state index is 0.0155. The maximum Gasteiger partial charge on any atom is 0.416 e. The van der Waals surface area contributed by atoms with Gasteiger partial charge in [0.25, 0.3) is 5.56 Å². The molecule has 0 aliphatic heterocycles. The number of halogens is 5. The summed E-state index contributed by atoms with van der Waals surface area (Å²) in [6.45, 7) is 1.53. The molecular weight excluding hydrogens is 440 g/mol. The van der Waals surface area contributed by atoms with Crippen molar-refractivity contribution in [1.29, 1.82) is 0 Å². The van der Waals surface area contributed by atoms with Crippen LogP contribution in [0.1, 0.15) is 22.9 Å². The van der Waals surface area contributed by atoms with Gasteiger partial charge in [-0.2, -0.15) is 13.2 Å². The van der Waals surface area contributed by atoms with Gasteiger partial charge < -0.3 is 19.7 Å². The van der Waals surface area contributed by atoms with Gasteiger partial charge in [-0.05, 0) is 48.9 Å². The van der Waals surface area contributed by atoms with E-state index in [4.69, 9.17) is 16.3 Å². The Kier molecular flexibility index (Phi) is 6.56. The summed E-state index contributed by atoms with van der Waals surface area (Å²) >= 11 is 5.62. The summed E-state index contributed by atoms with van der Waals surface area (Å²) in [7, 11) is 0. The molecule has 0 saturated carbocycles. The van der Waals surface area contributed by atoms with Gasteiger partial charge in [0.05, 0.1) is 5.56 Å². The van der Waals surface area contributed by atoms with Crippen LogP contribution in [0.25, 0.3) is 0 Å². The molecule has 0 spiro atoms. The predicted molar refractivity (Wildman–Crippen MR) is 108 cm³/mol. The normalized spacial score (nSPS) is 12.5. The SMILES string of the molecule is Cc1cc(F)ccc1Oc1cc(C(F)(F)F)ccc1C(O)Nc1ccn(CCl)c(=O)c1. The summed E-state index contributed by atoms with van der Waals surface area (Å²) in [5, 5.41) is 13.2. The molecule has 0 aliphatic rings. The highest BCUT2D eigenvalue weighted by molar-refractivity contribution is 6.15. The van der Waals surface area contributed by atoms with Crippen molar-refractivity contribution in [3.05, 3.63) is 87.6 Å². The average molecular weight is 457 g/mol. The van der Waals surface area contributed by atoms with E-state index in [-0.39, 0.29) is 28.8 Å². The number of ether oxygens (including phenoxy) is 1. The number of alkyl halides is 4. The van der Waals surface area contributed by atoms with Gasteiger partial charge in [0.1, 0.15) is 23.3 Å². The summed E-state index contributed by atoms with van der Waals surface area (Å²) in [6.07, 6.45) is -4.75. The molecule has 0 radical (unpaired) electrons. The molecule has 2 aromatic carbocycles. The highest BCUT2D eigenvalue weighted by Gasteiger charge is 2.32. The maximum absolute atomic E-state index is 13.4. The molecule has 10 heteroatoms. The number of aromatic nitrogens is 1. The van der Waals surface area contributed by atoms with E-state index in [0.29, 0.717) is 5.56 Å². The number of aliphatic hydroxyl groups excluding tert-OH is 1. The van der Waals surface area contributed by atoms with Gasteiger partial charge >= 0.3 is 6.18 Å². The molecule has 0 bridgehead atoms. The number of hydrogen-bond donors (Lipinski definition) is 2. The third-order valence-corrected chi connectivity index (χ3v) is 4.68. The highest BCUT2D eigenvalue weighted by Crippen LogP contribution is 2.38. The lowest BCUT2D eigenvalue weighted by molar-refractivity contribution is -0.137. The van der Waals surface area contributed by atoms with Gasteiger partial charge in [-0.3, -0.25) is 4.79 Å². The lowest BCUT2D eigenvalue weighted by Gasteiger charge is -2.20. The van der Waals surface area contributed by atoms with Crippen LogP contribution >= 0.6 is 11.6 Å². The number of hydrogen-bond acceptors (Lipinski definition) is 4. The van der Waals surface area contributed by atoms with Crippen LogP contribution in [0.3, 0.4) is 0 Å². The van der Waals surface area contributed by atoms with E-state index in [2.05, 4.69) is 5.32 Å². The van der Waals surface area contributed by atoms with E-state index in [1.807, 2.05) is 0 Å². The van der Waals surface area contributed by atoms with Crippen LogP contribution in [0.2, 0.25) is 0 Å². The molecule has 0 amide bonds. The summed E-state index contributed by atoms with van der Waals surface area (Å²) in [5.41, 5.74) is -0.850. The molecule has 31 heavy (non-hydrogen) atoms. The second-order valence-electron chi connectivity index (χ2n) is 6.65. The lowest BCUT2D eigenvalue weighted by Crippen LogP contribution is -2.19. The second kappa shape index (κ2) is 8.99. The quantitative estimate of drug-likeness (QED) is 0.296. The third-order valence-electron chi connectivity index (χ3n) is 4.42. The first-order valence-electron chi connectivity index (χ1n) is 8.94. The standard InChI is InChI=1S/C21H17ClF4N2O3/c1-12-8-14(23)3-5-17(12)31-18-9-13(21(24,25)26)2-4-16(18)20(30)27-15-6-7-28(11-22)19(29)10-15/h2-10,20,27,30H,11H2,1H3. The molecule has 1 heterocycles. The Morgan fingerprint density at radius 2 is 1.87 bits per heavy atom. The van der Waals surface area contributed by atoms with Crippen LogP contribution in [0, 0.1) is 12.7 Å². The van der Waals surface area contributed by atoms with Crippen molar-refractivity contribution in [3.63, 3.8) is 0 Å². The van der Waals surface area contributed by atoms with E-state index < -0.39 is 29.3 Å². The van der Waals surface area contributed by atoms with E-state index in [1.54, 1.807) is 0 Å². The third kappa shape index (κ3) is 5.36. The molecular formula is C21H17ClF4N2O3. The predicted octanol–water partition coefficient (Wildman–Crippen LogP) is 5.41. The zero-order chi connectivity index (χ0) is 22.8. The van der Waals surface area contributed by atoms with Gasteiger partial charge in [-0.15, -0.1) is 11.6 Å². The van der Waals surface area contributed by atoms with Crippen molar-refractivity contribution in [2.45, 2.75) is 25.3 Å². The van der Waals surface area contributed by atoms with Gasteiger partial charge in [0, 0.05) is 23.5 Å². The first kappa shape index (κ1) is 22.6. The largest absolute Gasteiger partial charge is 0.457 e. The minimum Gasteiger partial charge on any atom is -0.457 e. The summed E-state index contributed by atoms with van der Waals surface area (Å²) < 4.78 is 59.8. The lowest BCUT2D eigenvalue weighted by atomic mass is 10.1.